The van der Waals surface area contributed by atoms with Crippen LogP contribution in [0.25, 0.3) is 0 Å². The highest BCUT2D eigenvalue weighted by Crippen LogP contribution is 2.14. The molecular weight excluding hydrogens is 487 g/mol. The van der Waals surface area contributed by atoms with Gasteiger partial charge in [-0.05, 0) is 31.8 Å². The van der Waals surface area contributed by atoms with Crippen molar-refractivity contribution in [3.63, 3.8) is 0 Å². The van der Waals surface area contributed by atoms with E-state index in [9.17, 15) is 0 Å². The van der Waals surface area contributed by atoms with Crippen LogP contribution in [0.5, 0.6) is 0 Å². The van der Waals surface area contributed by atoms with Gasteiger partial charge in [0.05, 0.1) is 0 Å². The summed E-state index contributed by atoms with van der Waals surface area (Å²) >= 11 is 6.11. The molecule has 3 rings (SSSR count). The summed E-state index contributed by atoms with van der Waals surface area (Å²) < 4.78 is 0. The number of piperazine rings is 2. The van der Waals surface area contributed by atoms with Crippen LogP contribution in [0.15, 0.2) is 29.3 Å². The third-order valence-corrected chi connectivity index (χ3v) is 5.89. The average Bonchev–Trinajstić information content (AvgIpc) is 2.66. The van der Waals surface area contributed by atoms with Crippen LogP contribution in [0, 0.1) is 0 Å². The quantitative estimate of drug-likeness (QED) is 0.373. The summed E-state index contributed by atoms with van der Waals surface area (Å²) in [4.78, 5) is 14.2. The number of hydrogen-bond acceptors (Lipinski definition) is 4. The van der Waals surface area contributed by atoms with Crippen LogP contribution in [0.4, 0.5) is 0 Å². The molecule has 2 saturated heterocycles. The maximum absolute atomic E-state index is 6.11. The number of halogens is 2. The van der Waals surface area contributed by atoms with Crippen LogP contribution in [0.3, 0.4) is 0 Å². The van der Waals surface area contributed by atoms with Crippen molar-refractivity contribution in [3.05, 3.63) is 34.9 Å². The van der Waals surface area contributed by atoms with E-state index in [1.807, 2.05) is 19.2 Å². The number of benzene rings is 1. The predicted octanol–water partition coefficient (Wildman–Crippen LogP) is 1.90. The molecule has 1 unspecified atom stereocenters. The lowest BCUT2D eigenvalue weighted by molar-refractivity contribution is 0.115. The normalized spacial score (nSPS) is 22.8. The summed E-state index contributed by atoms with van der Waals surface area (Å²) in [6.07, 6.45) is 0. The van der Waals surface area contributed by atoms with Crippen LogP contribution in [0.1, 0.15) is 5.56 Å². The fraction of sp³-hybridized carbons (Fsp3) is 0.650. The molecule has 158 valence electrons. The van der Waals surface area contributed by atoms with Crippen LogP contribution >= 0.6 is 35.6 Å². The van der Waals surface area contributed by atoms with Crippen LogP contribution < -0.4 is 5.32 Å². The van der Waals surface area contributed by atoms with E-state index < -0.39 is 0 Å². The van der Waals surface area contributed by atoms with Gasteiger partial charge in [-0.3, -0.25) is 14.8 Å². The Hall–Kier alpha value is -0.610. The van der Waals surface area contributed by atoms with E-state index in [1.165, 1.54) is 5.56 Å². The van der Waals surface area contributed by atoms with Crippen molar-refractivity contribution in [2.24, 2.45) is 4.99 Å². The van der Waals surface area contributed by atoms with Gasteiger partial charge in [-0.2, -0.15) is 0 Å². The fourth-order valence-electron chi connectivity index (χ4n) is 3.87. The van der Waals surface area contributed by atoms with Gasteiger partial charge in [-0.15, -0.1) is 24.0 Å². The zero-order chi connectivity index (χ0) is 19.2. The molecule has 1 aromatic rings. The first-order valence-electron chi connectivity index (χ1n) is 9.86. The van der Waals surface area contributed by atoms with Crippen molar-refractivity contribution in [2.45, 2.75) is 12.6 Å². The number of guanidine groups is 1. The molecule has 0 amide bonds. The molecule has 0 bridgehead atoms. The van der Waals surface area contributed by atoms with E-state index in [0.717, 1.165) is 69.9 Å². The minimum absolute atomic E-state index is 0. The second-order valence-electron chi connectivity index (χ2n) is 7.72. The summed E-state index contributed by atoms with van der Waals surface area (Å²) in [5.74, 6) is 1.03. The topological polar surface area (TPSA) is 37.4 Å². The van der Waals surface area contributed by atoms with Gasteiger partial charge in [0.2, 0.25) is 0 Å². The van der Waals surface area contributed by atoms with Gasteiger partial charge in [0, 0.05) is 77.0 Å². The van der Waals surface area contributed by atoms with Crippen LogP contribution in [0.2, 0.25) is 5.02 Å². The largest absolute Gasteiger partial charge is 0.355 e. The molecule has 2 aliphatic rings. The van der Waals surface area contributed by atoms with Gasteiger partial charge in [-0.25, -0.2) is 0 Å². The second-order valence-corrected chi connectivity index (χ2v) is 8.15. The third kappa shape index (κ3) is 6.73. The molecule has 2 heterocycles. The molecule has 2 aliphatic heterocycles. The molecule has 2 fully saturated rings. The van der Waals surface area contributed by atoms with E-state index in [-0.39, 0.29) is 24.0 Å². The number of nitrogens with zero attached hydrogens (tertiary/aromatic N) is 5. The van der Waals surface area contributed by atoms with E-state index in [1.54, 1.807) is 0 Å². The van der Waals surface area contributed by atoms with E-state index in [4.69, 9.17) is 11.6 Å². The van der Waals surface area contributed by atoms with E-state index >= 15 is 0 Å². The smallest absolute Gasteiger partial charge is 0.193 e. The molecule has 28 heavy (non-hydrogen) atoms. The molecule has 8 heteroatoms. The summed E-state index contributed by atoms with van der Waals surface area (Å²) in [5.41, 5.74) is 1.28. The first-order chi connectivity index (χ1) is 13.0. The molecule has 6 nitrogen and oxygen atoms in total. The number of nitrogens with one attached hydrogen (secondary N) is 1. The number of hydrogen-bond donors (Lipinski definition) is 1. The Morgan fingerprint density at radius 3 is 2.57 bits per heavy atom. The molecule has 0 saturated carbocycles. The van der Waals surface area contributed by atoms with Gasteiger partial charge in [-0.1, -0.05) is 23.7 Å². The Morgan fingerprint density at radius 1 is 1.14 bits per heavy atom. The summed E-state index contributed by atoms with van der Waals surface area (Å²) in [6.45, 7) is 9.36. The highest BCUT2D eigenvalue weighted by molar-refractivity contribution is 14.0. The second kappa shape index (κ2) is 11.5. The van der Waals surface area contributed by atoms with Crippen LogP contribution in [-0.4, -0.2) is 105 Å². The maximum Gasteiger partial charge on any atom is 0.193 e. The summed E-state index contributed by atoms with van der Waals surface area (Å²) in [7, 11) is 6.31. The highest BCUT2D eigenvalue weighted by atomic mass is 127. The molecule has 0 aromatic heterocycles. The fourth-order valence-corrected chi connectivity index (χ4v) is 4.09. The van der Waals surface area contributed by atoms with Gasteiger partial charge < -0.3 is 15.1 Å². The molecule has 0 radical (unpaired) electrons. The monoisotopic (exact) mass is 520 g/mol. The van der Waals surface area contributed by atoms with E-state index in [2.05, 4.69) is 56.1 Å². The Labute approximate surface area is 191 Å². The number of likely N-dealkylation sites (N-methyl/N-ethyl adjacent to an activating group) is 2. The Balaban J connectivity index is 0.00000280. The lowest BCUT2D eigenvalue weighted by Crippen LogP contribution is -2.57. The molecule has 1 atom stereocenters. The minimum atomic E-state index is 0. The molecular formula is C20H34ClIN6. The zero-order valence-corrected chi connectivity index (χ0v) is 20.4. The van der Waals surface area contributed by atoms with Crippen molar-refractivity contribution in [1.82, 2.24) is 24.9 Å². The SMILES string of the molecule is CN=C(NCC1CN(C)CCN1C)N1CCN(Cc2cccc(Cl)c2)CC1.I. The first kappa shape index (κ1) is 23.7. The van der Waals surface area contributed by atoms with Gasteiger partial charge in [0.1, 0.15) is 0 Å². The highest BCUT2D eigenvalue weighted by Gasteiger charge is 2.24. The molecule has 0 spiro atoms. The number of aliphatic imine (C=N–C) groups is 1. The van der Waals surface area contributed by atoms with Gasteiger partial charge in [0.15, 0.2) is 5.96 Å². The first-order valence-corrected chi connectivity index (χ1v) is 10.2. The molecule has 1 N–H and O–H groups in total. The van der Waals surface area contributed by atoms with Crippen molar-refractivity contribution in [1.29, 1.82) is 0 Å². The zero-order valence-electron chi connectivity index (χ0n) is 17.3. The number of rotatable bonds is 4. The van der Waals surface area contributed by atoms with Crippen molar-refractivity contribution >= 4 is 41.5 Å². The maximum atomic E-state index is 6.11. The minimum Gasteiger partial charge on any atom is -0.355 e. The third-order valence-electron chi connectivity index (χ3n) is 5.65. The van der Waals surface area contributed by atoms with E-state index in [0.29, 0.717) is 6.04 Å². The van der Waals surface area contributed by atoms with Gasteiger partial charge in [0.25, 0.3) is 0 Å². The Morgan fingerprint density at radius 2 is 1.89 bits per heavy atom. The van der Waals surface area contributed by atoms with Crippen molar-refractivity contribution in [3.8, 4) is 0 Å². The summed E-state index contributed by atoms with van der Waals surface area (Å²) in [6, 6.07) is 8.70. The average molecular weight is 521 g/mol. The Bertz CT molecular complexity index is 635. The lowest BCUT2D eigenvalue weighted by Gasteiger charge is -2.40. The lowest BCUT2D eigenvalue weighted by atomic mass is 10.2. The summed E-state index contributed by atoms with van der Waals surface area (Å²) in [5, 5.41) is 4.42. The molecule has 1 aromatic carbocycles. The molecule has 0 aliphatic carbocycles. The van der Waals surface area contributed by atoms with Crippen LogP contribution in [-0.2, 0) is 6.54 Å². The standard InChI is InChI=1S/C20H33ClN6.HI/c1-22-20(23-14-19-16-24(2)7-8-25(19)3)27-11-9-26(10-12-27)15-17-5-4-6-18(21)13-17;/h4-6,13,19H,7-12,14-16H2,1-3H3,(H,22,23);1H. The predicted molar refractivity (Wildman–Crippen MR) is 129 cm³/mol. The van der Waals surface area contributed by atoms with Crippen molar-refractivity contribution < 1.29 is 0 Å². The Kier molecular flexibility index (Phi) is 9.76. The van der Waals surface area contributed by atoms with Gasteiger partial charge >= 0.3 is 0 Å². The van der Waals surface area contributed by atoms with Crippen molar-refractivity contribution in [2.75, 3.05) is 73.5 Å².